The Morgan fingerprint density at radius 2 is 1.91 bits per heavy atom. The molecule has 1 amide bonds. The van der Waals surface area contributed by atoms with E-state index in [0.29, 0.717) is 41.7 Å². The van der Waals surface area contributed by atoms with Crippen LogP contribution >= 0.6 is 35.5 Å². The first-order valence-corrected chi connectivity index (χ1v) is 14.1. The highest BCUT2D eigenvalue weighted by Gasteiger charge is 2.22. The molecule has 34 heavy (non-hydrogen) atoms. The zero-order valence-corrected chi connectivity index (χ0v) is 21.7. The molecule has 1 fully saturated rings. The third kappa shape index (κ3) is 6.89. The molecule has 1 aromatic heterocycles. The number of anilines is 1. The second kappa shape index (κ2) is 11.8. The summed E-state index contributed by atoms with van der Waals surface area (Å²) < 4.78 is 43.1. The fourth-order valence-electron chi connectivity index (χ4n) is 3.39. The van der Waals surface area contributed by atoms with Gasteiger partial charge in [0.25, 0.3) is 0 Å². The van der Waals surface area contributed by atoms with Crippen molar-refractivity contribution >= 4 is 66.6 Å². The maximum absolute atomic E-state index is 13.2. The van der Waals surface area contributed by atoms with Gasteiger partial charge in [0, 0.05) is 37.3 Å². The van der Waals surface area contributed by atoms with E-state index in [4.69, 9.17) is 4.74 Å². The van der Waals surface area contributed by atoms with Crippen LogP contribution in [0.4, 0.5) is 9.52 Å². The van der Waals surface area contributed by atoms with E-state index in [1.54, 1.807) is 29.2 Å². The van der Waals surface area contributed by atoms with Crippen LogP contribution in [-0.2, 0) is 19.4 Å². The average Bonchev–Trinajstić information content (AvgIpc) is 3.22. The molecule has 3 aromatic rings. The summed E-state index contributed by atoms with van der Waals surface area (Å²) in [6.07, 6.45) is 1.17. The van der Waals surface area contributed by atoms with Crippen molar-refractivity contribution in [1.82, 2.24) is 9.88 Å². The number of carbonyl (C=O) groups is 1. The van der Waals surface area contributed by atoms with Crippen LogP contribution in [-0.4, -0.2) is 75.6 Å². The molecule has 184 valence electrons. The number of hydrogen-bond donors (Lipinski definition) is 0. The first-order chi connectivity index (χ1) is 15.8. The summed E-state index contributed by atoms with van der Waals surface area (Å²) in [5.74, 6) is -0.250. The normalized spacial score (nSPS) is 14.6. The van der Waals surface area contributed by atoms with Gasteiger partial charge in [-0.05, 0) is 42.5 Å². The van der Waals surface area contributed by atoms with Crippen LogP contribution in [0.3, 0.4) is 0 Å². The van der Waals surface area contributed by atoms with Crippen LogP contribution in [0.25, 0.3) is 10.2 Å². The van der Waals surface area contributed by atoms with Gasteiger partial charge in [0.1, 0.15) is 5.82 Å². The monoisotopic (exact) mass is 545 g/mol. The number of fused-ring (bicyclic) bond motifs is 1. The number of benzene rings is 2. The number of rotatable bonds is 8. The van der Waals surface area contributed by atoms with E-state index in [0.717, 1.165) is 18.0 Å². The fourth-order valence-corrected chi connectivity index (χ4v) is 5.93. The Kier molecular flexibility index (Phi) is 9.30. The van der Waals surface area contributed by atoms with Crippen molar-refractivity contribution in [2.75, 3.05) is 56.3 Å². The molecular formula is C22H25ClFN3O4S3. The molecule has 0 saturated carbocycles. The van der Waals surface area contributed by atoms with Gasteiger partial charge >= 0.3 is 0 Å². The highest BCUT2D eigenvalue weighted by atomic mass is 35.5. The third-order valence-corrected chi connectivity index (χ3v) is 8.38. The minimum absolute atomic E-state index is 0. The van der Waals surface area contributed by atoms with Crippen molar-refractivity contribution in [1.29, 1.82) is 0 Å². The average molecular weight is 546 g/mol. The smallest absolute Gasteiger partial charge is 0.239 e. The molecule has 4 rings (SSSR count). The van der Waals surface area contributed by atoms with Crippen molar-refractivity contribution < 1.29 is 22.3 Å². The van der Waals surface area contributed by atoms with E-state index < -0.39 is 9.84 Å². The predicted octanol–water partition coefficient (Wildman–Crippen LogP) is 3.72. The Bertz CT molecular complexity index is 1230. The number of sulfone groups is 1. The van der Waals surface area contributed by atoms with Crippen molar-refractivity contribution in [3.63, 3.8) is 0 Å². The highest BCUT2D eigenvalue weighted by molar-refractivity contribution is 8.00. The molecule has 0 N–H and O–H groups in total. The zero-order chi connectivity index (χ0) is 23.4. The molecule has 2 aromatic carbocycles. The number of amides is 1. The molecule has 1 aliphatic heterocycles. The number of ether oxygens (including phenoxy) is 1. The first kappa shape index (κ1) is 26.8. The SMILES string of the molecule is CS(=O)(=O)c1ccc2nc(N(CCN3CCOCC3)C(=O)CSc3ccc(F)cc3)sc2c1.Cl. The van der Waals surface area contributed by atoms with Gasteiger partial charge < -0.3 is 4.74 Å². The zero-order valence-electron chi connectivity index (χ0n) is 18.5. The second-order valence-corrected chi connectivity index (χ2v) is 11.7. The Morgan fingerprint density at radius 3 is 2.59 bits per heavy atom. The van der Waals surface area contributed by atoms with E-state index in [2.05, 4.69) is 9.88 Å². The second-order valence-electron chi connectivity index (χ2n) is 7.64. The highest BCUT2D eigenvalue weighted by Crippen LogP contribution is 2.31. The molecule has 1 saturated heterocycles. The Labute approximate surface area is 212 Å². The molecule has 12 heteroatoms. The maximum atomic E-state index is 13.2. The van der Waals surface area contributed by atoms with E-state index in [1.165, 1.54) is 47.6 Å². The molecule has 0 bridgehead atoms. The number of thiazole rings is 1. The summed E-state index contributed by atoms with van der Waals surface area (Å²) in [4.78, 5) is 22.8. The van der Waals surface area contributed by atoms with Crippen LogP contribution in [0.1, 0.15) is 0 Å². The van der Waals surface area contributed by atoms with Crippen LogP contribution in [0.5, 0.6) is 0 Å². The van der Waals surface area contributed by atoms with Gasteiger partial charge in [0.2, 0.25) is 5.91 Å². The molecule has 2 heterocycles. The minimum atomic E-state index is -3.34. The summed E-state index contributed by atoms with van der Waals surface area (Å²) in [5.41, 5.74) is 0.651. The Balaban J connectivity index is 0.00000324. The van der Waals surface area contributed by atoms with Gasteiger partial charge in [-0.1, -0.05) is 11.3 Å². The summed E-state index contributed by atoms with van der Waals surface area (Å²) >= 11 is 2.64. The molecule has 0 atom stereocenters. The van der Waals surface area contributed by atoms with Gasteiger partial charge in [-0.15, -0.1) is 24.2 Å². The topological polar surface area (TPSA) is 79.8 Å². The number of nitrogens with zero attached hydrogens (tertiary/aromatic N) is 3. The number of aromatic nitrogens is 1. The van der Waals surface area contributed by atoms with E-state index in [1.807, 2.05) is 0 Å². The lowest BCUT2D eigenvalue weighted by Crippen LogP contribution is -2.43. The standard InChI is InChI=1S/C22H24FN3O4S3.ClH/c1-33(28,29)18-6-7-19-20(14-18)32-22(24-19)26(9-8-25-10-12-30-13-11-25)21(27)15-31-17-4-2-16(23)3-5-17;/h2-7,14H,8-13,15H2,1H3;1H. The number of carbonyl (C=O) groups excluding carboxylic acids is 1. The van der Waals surface area contributed by atoms with E-state index in [-0.39, 0.29) is 34.8 Å². The third-order valence-electron chi connectivity index (χ3n) is 5.23. The maximum Gasteiger partial charge on any atom is 0.239 e. The van der Waals surface area contributed by atoms with Gasteiger partial charge in [-0.25, -0.2) is 17.8 Å². The fraction of sp³-hybridized carbons (Fsp3) is 0.364. The number of thioether (sulfide) groups is 1. The number of halogens is 2. The molecule has 0 radical (unpaired) electrons. The van der Waals surface area contributed by atoms with Gasteiger partial charge in [0.15, 0.2) is 15.0 Å². The minimum Gasteiger partial charge on any atom is -0.379 e. The Hall–Kier alpha value is -1.76. The summed E-state index contributed by atoms with van der Waals surface area (Å²) in [6, 6.07) is 10.8. The molecule has 0 spiro atoms. The van der Waals surface area contributed by atoms with Crippen molar-refractivity contribution in [3.8, 4) is 0 Å². The van der Waals surface area contributed by atoms with Crippen molar-refractivity contribution in [2.24, 2.45) is 0 Å². The first-order valence-electron chi connectivity index (χ1n) is 10.4. The van der Waals surface area contributed by atoms with Gasteiger partial charge in [0.05, 0.1) is 34.1 Å². The van der Waals surface area contributed by atoms with Gasteiger partial charge in [-0.2, -0.15) is 0 Å². The lowest BCUT2D eigenvalue weighted by Gasteiger charge is -2.29. The quantitative estimate of drug-likeness (QED) is 0.399. The number of morpholine rings is 1. The molecular weight excluding hydrogens is 521 g/mol. The van der Waals surface area contributed by atoms with E-state index >= 15 is 0 Å². The van der Waals surface area contributed by atoms with Crippen LogP contribution in [0.2, 0.25) is 0 Å². The molecule has 7 nitrogen and oxygen atoms in total. The lowest BCUT2D eigenvalue weighted by molar-refractivity contribution is -0.116. The summed E-state index contributed by atoms with van der Waals surface area (Å²) in [5, 5.41) is 0.536. The summed E-state index contributed by atoms with van der Waals surface area (Å²) in [6.45, 7) is 4.10. The predicted molar refractivity (Wildman–Crippen MR) is 137 cm³/mol. The van der Waals surface area contributed by atoms with Crippen LogP contribution < -0.4 is 4.90 Å². The lowest BCUT2D eigenvalue weighted by atomic mass is 10.3. The van der Waals surface area contributed by atoms with Crippen LogP contribution in [0, 0.1) is 5.82 Å². The molecule has 0 aliphatic carbocycles. The largest absolute Gasteiger partial charge is 0.379 e. The van der Waals surface area contributed by atoms with Crippen LogP contribution in [0.15, 0.2) is 52.3 Å². The van der Waals surface area contributed by atoms with Gasteiger partial charge in [-0.3, -0.25) is 14.6 Å². The molecule has 1 aliphatic rings. The Morgan fingerprint density at radius 1 is 1.21 bits per heavy atom. The van der Waals surface area contributed by atoms with Crippen molar-refractivity contribution in [3.05, 3.63) is 48.3 Å². The molecule has 0 unspecified atom stereocenters. The summed E-state index contributed by atoms with van der Waals surface area (Å²) in [7, 11) is -3.34. The number of hydrogen-bond acceptors (Lipinski definition) is 8. The van der Waals surface area contributed by atoms with E-state index in [9.17, 15) is 17.6 Å². The van der Waals surface area contributed by atoms with Crippen molar-refractivity contribution in [2.45, 2.75) is 9.79 Å².